The topological polar surface area (TPSA) is 32.3 Å². The Bertz CT molecular complexity index is 549. The summed E-state index contributed by atoms with van der Waals surface area (Å²) < 4.78 is 13.2. The number of hydrogen-bond acceptors (Lipinski definition) is 2. The van der Waals surface area contributed by atoms with Gasteiger partial charge in [-0.05, 0) is 23.3 Å². The van der Waals surface area contributed by atoms with Crippen LogP contribution in [0.15, 0.2) is 36.4 Å². The number of halogens is 3. The molecule has 2 rings (SSSR count). The molecule has 2 nitrogen and oxygen atoms in total. The molecule has 0 aromatic heterocycles. The van der Waals surface area contributed by atoms with E-state index in [1.54, 1.807) is 0 Å². The van der Waals surface area contributed by atoms with Crippen LogP contribution in [-0.4, -0.2) is 5.11 Å². The second-order valence-corrected chi connectivity index (χ2v) is 4.90. The predicted octanol–water partition coefficient (Wildman–Crippen LogP) is 4.24. The second-order valence-electron chi connectivity index (χ2n) is 4.08. The Morgan fingerprint density at radius 2 is 1.53 bits per heavy atom. The maximum absolute atomic E-state index is 13.2. The molecule has 2 aromatic carbocycles. The van der Waals surface area contributed by atoms with Gasteiger partial charge in [0.05, 0.1) is 16.7 Å². The fourth-order valence-electron chi connectivity index (χ4n) is 1.62. The minimum absolute atomic E-state index is 0.00868. The van der Waals surface area contributed by atoms with E-state index in [4.69, 9.17) is 28.3 Å². The van der Waals surface area contributed by atoms with Gasteiger partial charge < -0.3 is 10.4 Å². The van der Waals surface area contributed by atoms with E-state index in [9.17, 15) is 4.39 Å². The highest BCUT2D eigenvalue weighted by Crippen LogP contribution is 2.27. The van der Waals surface area contributed by atoms with Crippen molar-refractivity contribution < 1.29 is 9.50 Å². The lowest BCUT2D eigenvalue weighted by atomic mass is 10.1. The fraction of sp³-hybridized carbons (Fsp3) is 0.143. The molecule has 0 radical (unpaired) electrons. The third-order valence-electron chi connectivity index (χ3n) is 2.69. The zero-order valence-electron chi connectivity index (χ0n) is 9.96. The molecule has 0 spiro atoms. The first kappa shape index (κ1) is 14.1. The zero-order chi connectivity index (χ0) is 13.8. The molecule has 0 unspecified atom stereocenters. The summed E-state index contributed by atoms with van der Waals surface area (Å²) in [5, 5.41) is 12.0. The van der Waals surface area contributed by atoms with Crippen molar-refractivity contribution in [1.29, 1.82) is 0 Å². The molecular formula is C14H12Cl2FNO. The first-order valence-corrected chi connectivity index (χ1v) is 6.43. The van der Waals surface area contributed by atoms with Gasteiger partial charge in [-0.15, -0.1) is 0 Å². The minimum atomic E-state index is -0.610. The minimum Gasteiger partial charge on any atom is -0.392 e. The normalized spacial score (nSPS) is 10.5. The summed E-state index contributed by atoms with van der Waals surface area (Å²) in [6, 6.07) is 10.5. The number of aliphatic hydroxyl groups excluding tert-OH is 1. The molecule has 19 heavy (non-hydrogen) atoms. The fourth-order valence-corrected chi connectivity index (χ4v) is 2.11. The van der Waals surface area contributed by atoms with Gasteiger partial charge in [0.15, 0.2) is 5.82 Å². The van der Waals surface area contributed by atoms with Gasteiger partial charge in [-0.3, -0.25) is 0 Å². The van der Waals surface area contributed by atoms with Gasteiger partial charge in [-0.25, -0.2) is 4.39 Å². The summed E-state index contributed by atoms with van der Waals surface area (Å²) in [6.45, 7) is 0.584. The Morgan fingerprint density at radius 3 is 2.05 bits per heavy atom. The molecule has 0 aliphatic carbocycles. The first-order chi connectivity index (χ1) is 9.10. The maximum atomic E-state index is 13.2. The molecule has 2 aromatic rings. The van der Waals surface area contributed by atoms with E-state index in [1.165, 1.54) is 12.1 Å². The molecule has 5 heteroatoms. The van der Waals surface area contributed by atoms with Crippen molar-refractivity contribution in [2.24, 2.45) is 0 Å². The van der Waals surface area contributed by atoms with Crippen LogP contribution in [0.1, 0.15) is 11.1 Å². The zero-order valence-corrected chi connectivity index (χ0v) is 11.5. The van der Waals surface area contributed by atoms with Crippen molar-refractivity contribution in [2.75, 3.05) is 5.32 Å². The number of anilines is 1. The maximum Gasteiger partial charge on any atom is 0.160 e. The first-order valence-electron chi connectivity index (χ1n) is 5.67. The lowest BCUT2D eigenvalue weighted by Gasteiger charge is -2.09. The molecule has 2 N–H and O–H groups in total. The highest BCUT2D eigenvalue weighted by Gasteiger charge is 2.07. The van der Waals surface area contributed by atoms with Gasteiger partial charge in [-0.2, -0.15) is 0 Å². The molecular weight excluding hydrogens is 288 g/mol. The Kier molecular flexibility index (Phi) is 4.64. The molecule has 0 saturated heterocycles. The number of aliphatic hydroxyl groups is 1. The van der Waals surface area contributed by atoms with Crippen LogP contribution in [0, 0.1) is 5.82 Å². The Hall–Kier alpha value is -1.29. The van der Waals surface area contributed by atoms with E-state index in [0.29, 0.717) is 12.2 Å². The number of nitrogens with one attached hydrogen (secondary N) is 1. The molecule has 0 aliphatic heterocycles. The largest absolute Gasteiger partial charge is 0.392 e. The summed E-state index contributed by atoms with van der Waals surface area (Å²) in [5.41, 5.74) is 2.55. The highest BCUT2D eigenvalue weighted by atomic mass is 35.5. The van der Waals surface area contributed by atoms with Crippen molar-refractivity contribution in [2.45, 2.75) is 13.2 Å². The second kappa shape index (κ2) is 6.24. The van der Waals surface area contributed by atoms with Gasteiger partial charge in [0.2, 0.25) is 0 Å². The number of rotatable bonds is 4. The van der Waals surface area contributed by atoms with E-state index in [1.807, 2.05) is 24.3 Å². The number of hydrogen-bond donors (Lipinski definition) is 2. The van der Waals surface area contributed by atoms with Crippen LogP contribution in [0.25, 0.3) is 0 Å². The summed E-state index contributed by atoms with van der Waals surface area (Å²) >= 11 is 11.4. The highest BCUT2D eigenvalue weighted by molar-refractivity contribution is 6.35. The van der Waals surface area contributed by atoms with Crippen molar-refractivity contribution in [3.8, 4) is 0 Å². The van der Waals surface area contributed by atoms with Gasteiger partial charge in [0.25, 0.3) is 0 Å². The SMILES string of the molecule is OCc1ccc(CNc2cc(Cl)c(F)c(Cl)c2)cc1. The lowest BCUT2D eigenvalue weighted by molar-refractivity contribution is 0.282. The monoisotopic (exact) mass is 299 g/mol. The lowest BCUT2D eigenvalue weighted by Crippen LogP contribution is -2.00. The van der Waals surface area contributed by atoms with E-state index in [-0.39, 0.29) is 16.7 Å². The number of benzene rings is 2. The molecule has 100 valence electrons. The van der Waals surface area contributed by atoms with Gasteiger partial charge >= 0.3 is 0 Å². The van der Waals surface area contributed by atoms with E-state index >= 15 is 0 Å². The smallest absolute Gasteiger partial charge is 0.160 e. The molecule has 0 fully saturated rings. The molecule has 0 amide bonds. The van der Waals surface area contributed by atoms with Crippen LogP contribution in [0.2, 0.25) is 10.0 Å². The van der Waals surface area contributed by atoms with Crippen LogP contribution >= 0.6 is 23.2 Å². The van der Waals surface area contributed by atoms with E-state index in [0.717, 1.165) is 11.1 Å². The van der Waals surface area contributed by atoms with Crippen LogP contribution in [0.4, 0.5) is 10.1 Å². The Balaban J connectivity index is 2.05. The van der Waals surface area contributed by atoms with E-state index in [2.05, 4.69) is 5.32 Å². The van der Waals surface area contributed by atoms with Crippen molar-refractivity contribution in [3.63, 3.8) is 0 Å². The molecule has 0 heterocycles. The Morgan fingerprint density at radius 1 is 1.00 bits per heavy atom. The molecule has 0 saturated carbocycles. The molecule has 0 aliphatic rings. The van der Waals surface area contributed by atoms with Crippen LogP contribution in [0.3, 0.4) is 0 Å². The third-order valence-corrected chi connectivity index (χ3v) is 3.24. The average molecular weight is 300 g/mol. The standard InChI is InChI=1S/C14H12Cl2FNO/c15-12-5-11(6-13(16)14(12)17)18-7-9-1-3-10(8-19)4-2-9/h1-6,18-19H,7-8H2. The van der Waals surface area contributed by atoms with Crippen LogP contribution < -0.4 is 5.32 Å². The van der Waals surface area contributed by atoms with Crippen molar-refractivity contribution in [3.05, 3.63) is 63.4 Å². The summed E-state index contributed by atoms with van der Waals surface area (Å²) in [5.74, 6) is -0.610. The van der Waals surface area contributed by atoms with Crippen LogP contribution in [-0.2, 0) is 13.2 Å². The van der Waals surface area contributed by atoms with E-state index < -0.39 is 5.82 Å². The molecule has 0 atom stereocenters. The molecule has 0 bridgehead atoms. The predicted molar refractivity (Wildman–Crippen MR) is 76.1 cm³/mol. The van der Waals surface area contributed by atoms with Gasteiger partial charge in [0.1, 0.15) is 0 Å². The average Bonchev–Trinajstić information content (AvgIpc) is 2.43. The summed E-state index contributed by atoms with van der Waals surface area (Å²) in [4.78, 5) is 0. The van der Waals surface area contributed by atoms with Gasteiger partial charge in [0, 0.05) is 12.2 Å². The van der Waals surface area contributed by atoms with Gasteiger partial charge in [-0.1, -0.05) is 47.5 Å². The van der Waals surface area contributed by atoms with Crippen molar-refractivity contribution in [1.82, 2.24) is 0 Å². The summed E-state index contributed by atoms with van der Waals surface area (Å²) in [6.07, 6.45) is 0. The summed E-state index contributed by atoms with van der Waals surface area (Å²) in [7, 11) is 0. The third kappa shape index (κ3) is 3.60. The Labute approximate surface area is 120 Å². The van der Waals surface area contributed by atoms with Crippen LogP contribution in [0.5, 0.6) is 0 Å². The van der Waals surface area contributed by atoms with Crippen molar-refractivity contribution >= 4 is 28.9 Å². The quantitative estimate of drug-likeness (QED) is 0.828.